The van der Waals surface area contributed by atoms with Crippen molar-refractivity contribution in [1.29, 1.82) is 0 Å². The third kappa shape index (κ3) is 3.33. The van der Waals surface area contributed by atoms with E-state index in [0.29, 0.717) is 12.1 Å². The summed E-state index contributed by atoms with van der Waals surface area (Å²) >= 11 is 0. The molecule has 1 aliphatic rings. The Kier molecular flexibility index (Phi) is 4.78. The summed E-state index contributed by atoms with van der Waals surface area (Å²) in [6.07, 6.45) is 6.38. The fourth-order valence-electron chi connectivity index (χ4n) is 2.91. The van der Waals surface area contributed by atoms with Crippen molar-refractivity contribution in [2.75, 3.05) is 19.6 Å². The summed E-state index contributed by atoms with van der Waals surface area (Å²) < 4.78 is 0. The predicted molar refractivity (Wildman–Crippen MR) is 74.4 cm³/mol. The number of hydrogen-bond donors (Lipinski definition) is 2. The average molecular weight is 250 g/mol. The van der Waals surface area contributed by atoms with Gasteiger partial charge < -0.3 is 15.2 Å². The first kappa shape index (κ1) is 13.6. The highest BCUT2D eigenvalue weighted by atomic mass is 15.1. The van der Waals surface area contributed by atoms with Crippen molar-refractivity contribution >= 4 is 0 Å². The quantitative estimate of drug-likeness (QED) is 0.842. The average Bonchev–Trinajstić information content (AvgIpc) is 2.92. The Bertz CT molecular complexity index is 336. The molecule has 2 rings (SSSR count). The number of hydrogen-bond acceptors (Lipinski definition) is 3. The molecule has 0 aliphatic carbocycles. The summed E-state index contributed by atoms with van der Waals surface area (Å²) in [7, 11) is 0. The van der Waals surface area contributed by atoms with Crippen LogP contribution in [0.15, 0.2) is 12.4 Å². The number of imidazole rings is 1. The van der Waals surface area contributed by atoms with Crippen LogP contribution in [0.4, 0.5) is 0 Å². The normalized spacial score (nSPS) is 24.9. The van der Waals surface area contributed by atoms with Crippen LogP contribution in [-0.2, 0) is 0 Å². The Hall–Kier alpha value is -0.870. The van der Waals surface area contributed by atoms with Gasteiger partial charge in [-0.15, -0.1) is 0 Å². The molecule has 4 nitrogen and oxygen atoms in total. The second-order valence-corrected chi connectivity index (χ2v) is 5.45. The highest BCUT2D eigenvalue weighted by Gasteiger charge is 2.25. The number of H-pyrrole nitrogens is 1. The van der Waals surface area contributed by atoms with Gasteiger partial charge >= 0.3 is 0 Å². The van der Waals surface area contributed by atoms with Gasteiger partial charge in [0.2, 0.25) is 0 Å². The summed E-state index contributed by atoms with van der Waals surface area (Å²) in [6, 6.07) is 0.839. The van der Waals surface area contributed by atoms with Gasteiger partial charge in [0.15, 0.2) is 0 Å². The molecule has 18 heavy (non-hydrogen) atoms. The Balaban J connectivity index is 1.85. The molecule has 0 aromatic carbocycles. The molecule has 1 aliphatic heterocycles. The summed E-state index contributed by atoms with van der Waals surface area (Å²) in [5.41, 5.74) is 0. The maximum Gasteiger partial charge on any atom is 0.122 e. The van der Waals surface area contributed by atoms with Crippen LogP contribution in [-0.4, -0.2) is 40.5 Å². The Morgan fingerprint density at radius 2 is 2.39 bits per heavy atom. The number of likely N-dealkylation sites (tertiary alicyclic amines) is 1. The molecule has 3 atom stereocenters. The minimum Gasteiger partial charge on any atom is -0.347 e. The molecule has 1 fully saturated rings. The van der Waals surface area contributed by atoms with E-state index in [0.717, 1.165) is 11.7 Å². The fourth-order valence-corrected chi connectivity index (χ4v) is 2.91. The van der Waals surface area contributed by atoms with Gasteiger partial charge in [-0.1, -0.05) is 6.92 Å². The zero-order chi connectivity index (χ0) is 13.0. The van der Waals surface area contributed by atoms with E-state index in [2.05, 4.69) is 41.0 Å². The minimum absolute atomic E-state index is 0.298. The second-order valence-electron chi connectivity index (χ2n) is 5.45. The molecule has 0 amide bonds. The molecule has 2 N–H and O–H groups in total. The van der Waals surface area contributed by atoms with Gasteiger partial charge in [0, 0.05) is 25.0 Å². The van der Waals surface area contributed by atoms with Crippen LogP contribution in [0.2, 0.25) is 0 Å². The Labute approximate surface area is 110 Å². The van der Waals surface area contributed by atoms with Crippen LogP contribution in [0.1, 0.15) is 45.5 Å². The molecule has 4 heteroatoms. The Morgan fingerprint density at radius 3 is 3.06 bits per heavy atom. The van der Waals surface area contributed by atoms with E-state index in [9.17, 15) is 0 Å². The molecule has 0 saturated carbocycles. The predicted octanol–water partition coefficient (Wildman–Crippen LogP) is 2.18. The van der Waals surface area contributed by atoms with Gasteiger partial charge in [0.1, 0.15) is 5.82 Å². The van der Waals surface area contributed by atoms with E-state index in [1.165, 1.54) is 32.5 Å². The number of nitrogens with zero attached hydrogens (tertiary/aromatic N) is 2. The number of aromatic amines is 1. The molecule has 3 unspecified atom stereocenters. The van der Waals surface area contributed by atoms with Crippen molar-refractivity contribution < 1.29 is 0 Å². The SMILES string of the molecule is CCN1CCCC(C(C)NC(C)c2ncc[nH]2)C1. The van der Waals surface area contributed by atoms with Crippen molar-refractivity contribution in [3.05, 3.63) is 18.2 Å². The van der Waals surface area contributed by atoms with E-state index in [1.54, 1.807) is 0 Å². The molecule has 2 heterocycles. The molecular weight excluding hydrogens is 224 g/mol. The van der Waals surface area contributed by atoms with Gasteiger partial charge in [-0.05, 0) is 45.7 Å². The van der Waals surface area contributed by atoms with E-state index in [-0.39, 0.29) is 0 Å². The first-order chi connectivity index (χ1) is 8.70. The van der Waals surface area contributed by atoms with Gasteiger partial charge in [-0.25, -0.2) is 4.98 Å². The lowest BCUT2D eigenvalue weighted by atomic mass is 9.91. The number of nitrogens with one attached hydrogen (secondary N) is 2. The minimum atomic E-state index is 0.298. The molecule has 102 valence electrons. The summed E-state index contributed by atoms with van der Waals surface area (Å²) in [4.78, 5) is 10.1. The monoisotopic (exact) mass is 250 g/mol. The Morgan fingerprint density at radius 1 is 1.56 bits per heavy atom. The first-order valence-electron chi connectivity index (χ1n) is 7.18. The third-order valence-electron chi connectivity index (χ3n) is 4.14. The largest absolute Gasteiger partial charge is 0.347 e. The first-order valence-corrected chi connectivity index (χ1v) is 7.18. The lowest BCUT2D eigenvalue weighted by Gasteiger charge is -2.36. The summed E-state index contributed by atoms with van der Waals surface area (Å²) in [5, 5.41) is 3.68. The topological polar surface area (TPSA) is 44.0 Å². The van der Waals surface area contributed by atoms with Crippen LogP contribution in [0, 0.1) is 5.92 Å². The van der Waals surface area contributed by atoms with Crippen LogP contribution < -0.4 is 5.32 Å². The van der Waals surface area contributed by atoms with Crippen molar-refractivity contribution in [1.82, 2.24) is 20.2 Å². The smallest absolute Gasteiger partial charge is 0.122 e. The van der Waals surface area contributed by atoms with Gasteiger partial charge in [-0.2, -0.15) is 0 Å². The van der Waals surface area contributed by atoms with Gasteiger partial charge in [0.05, 0.1) is 6.04 Å². The molecule has 1 aromatic rings. The molecule has 1 saturated heterocycles. The second kappa shape index (κ2) is 6.34. The van der Waals surface area contributed by atoms with Crippen molar-refractivity contribution in [2.24, 2.45) is 5.92 Å². The zero-order valence-electron chi connectivity index (χ0n) is 11.8. The zero-order valence-corrected chi connectivity index (χ0v) is 11.8. The standard InChI is InChI=1S/C14H26N4/c1-4-18-9-5-6-13(10-18)11(2)17-12(3)14-15-7-8-16-14/h7-8,11-13,17H,4-6,9-10H2,1-3H3,(H,15,16). The van der Waals surface area contributed by atoms with Crippen LogP contribution in [0.3, 0.4) is 0 Å². The van der Waals surface area contributed by atoms with Crippen molar-refractivity contribution in [3.8, 4) is 0 Å². The lowest BCUT2D eigenvalue weighted by molar-refractivity contribution is 0.153. The van der Waals surface area contributed by atoms with E-state index in [1.807, 2.05) is 12.4 Å². The van der Waals surface area contributed by atoms with Crippen molar-refractivity contribution in [2.45, 2.75) is 45.7 Å². The van der Waals surface area contributed by atoms with E-state index in [4.69, 9.17) is 0 Å². The van der Waals surface area contributed by atoms with Crippen molar-refractivity contribution in [3.63, 3.8) is 0 Å². The number of piperidine rings is 1. The highest BCUT2D eigenvalue weighted by molar-refractivity contribution is 4.95. The maximum absolute atomic E-state index is 4.32. The van der Waals surface area contributed by atoms with Gasteiger partial charge in [0.25, 0.3) is 0 Å². The lowest BCUT2D eigenvalue weighted by Crippen LogP contribution is -2.45. The third-order valence-corrected chi connectivity index (χ3v) is 4.14. The van der Waals surface area contributed by atoms with Crippen LogP contribution in [0.25, 0.3) is 0 Å². The van der Waals surface area contributed by atoms with E-state index >= 15 is 0 Å². The summed E-state index contributed by atoms with van der Waals surface area (Å²) in [5.74, 6) is 1.79. The van der Waals surface area contributed by atoms with Crippen LogP contribution >= 0.6 is 0 Å². The van der Waals surface area contributed by atoms with E-state index < -0.39 is 0 Å². The highest BCUT2D eigenvalue weighted by Crippen LogP contribution is 2.21. The molecular formula is C14H26N4. The summed E-state index contributed by atoms with van der Waals surface area (Å²) in [6.45, 7) is 10.4. The fraction of sp³-hybridized carbons (Fsp3) is 0.786. The molecule has 0 radical (unpaired) electrons. The van der Waals surface area contributed by atoms with Crippen LogP contribution in [0.5, 0.6) is 0 Å². The van der Waals surface area contributed by atoms with Gasteiger partial charge in [-0.3, -0.25) is 0 Å². The maximum atomic E-state index is 4.32. The number of aromatic nitrogens is 2. The molecule has 0 spiro atoms. The number of rotatable bonds is 5. The molecule has 0 bridgehead atoms. The molecule has 1 aromatic heterocycles.